The Balaban J connectivity index is 2.57. The SMILES string of the molecule is CC(=O)c1nnn(-c2cc(C)cc(F)c2)c1C. The van der Waals surface area contributed by atoms with E-state index in [-0.39, 0.29) is 11.6 Å². The molecule has 1 aromatic heterocycles. The highest BCUT2D eigenvalue weighted by Gasteiger charge is 2.14. The zero-order valence-electron chi connectivity index (χ0n) is 9.86. The molecule has 1 aromatic carbocycles. The third-order valence-corrected chi connectivity index (χ3v) is 2.50. The predicted molar refractivity (Wildman–Crippen MR) is 60.8 cm³/mol. The highest BCUT2D eigenvalue weighted by atomic mass is 19.1. The fourth-order valence-corrected chi connectivity index (χ4v) is 1.74. The maximum absolute atomic E-state index is 13.3. The number of ketones is 1. The van der Waals surface area contributed by atoms with Crippen molar-refractivity contribution in [1.29, 1.82) is 0 Å². The minimum atomic E-state index is -0.334. The minimum Gasteiger partial charge on any atom is -0.293 e. The topological polar surface area (TPSA) is 47.8 Å². The molecule has 0 saturated carbocycles. The maximum Gasteiger partial charge on any atom is 0.181 e. The molecule has 0 N–H and O–H groups in total. The summed E-state index contributed by atoms with van der Waals surface area (Å²) in [5, 5.41) is 7.66. The van der Waals surface area contributed by atoms with Crippen LogP contribution in [0, 0.1) is 19.7 Å². The Hall–Kier alpha value is -2.04. The van der Waals surface area contributed by atoms with E-state index >= 15 is 0 Å². The molecule has 0 aliphatic heterocycles. The highest BCUT2D eigenvalue weighted by molar-refractivity contribution is 5.93. The molecule has 0 aliphatic carbocycles. The van der Waals surface area contributed by atoms with Gasteiger partial charge in [-0.3, -0.25) is 4.79 Å². The van der Waals surface area contributed by atoms with Gasteiger partial charge in [0.25, 0.3) is 0 Å². The summed E-state index contributed by atoms with van der Waals surface area (Å²) in [7, 11) is 0. The van der Waals surface area contributed by atoms with Gasteiger partial charge >= 0.3 is 0 Å². The number of aryl methyl sites for hydroxylation is 1. The van der Waals surface area contributed by atoms with Crippen molar-refractivity contribution < 1.29 is 9.18 Å². The lowest BCUT2D eigenvalue weighted by Gasteiger charge is -2.04. The molecule has 4 nitrogen and oxygen atoms in total. The zero-order valence-corrected chi connectivity index (χ0v) is 9.86. The van der Waals surface area contributed by atoms with E-state index in [2.05, 4.69) is 10.3 Å². The number of benzene rings is 1. The van der Waals surface area contributed by atoms with Crippen molar-refractivity contribution >= 4 is 5.78 Å². The number of halogens is 1. The first-order chi connectivity index (χ1) is 7.99. The van der Waals surface area contributed by atoms with Crippen molar-refractivity contribution in [2.75, 3.05) is 0 Å². The van der Waals surface area contributed by atoms with Crippen LogP contribution in [0.5, 0.6) is 0 Å². The van der Waals surface area contributed by atoms with Crippen molar-refractivity contribution in [2.45, 2.75) is 20.8 Å². The molecule has 88 valence electrons. The van der Waals surface area contributed by atoms with Crippen LogP contribution in [0.25, 0.3) is 5.69 Å². The van der Waals surface area contributed by atoms with Gasteiger partial charge in [0.2, 0.25) is 0 Å². The maximum atomic E-state index is 13.3. The van der Waals surface area contributed by atoms with E-state index in [0.29, 0.717) is 17.1 Å². The van der Waals surface area contributed by atoms with Gasteiger partial charge in [0.1, 0.15) is 5.82 Å². The first-order valence-electron chi connectivity index (χ1n) is 5.20. The molecule has 0 aliphatic rings. The molecule has 0 atom stereocenters. The second-order valence-electron chi connectivity index (χ2n) is 3.98. The average molecular weight is 233 g/mol. The Bertz CT molecular complexity index is 569. The Morgan fingerprint density at radius 3 is 2.53 bits per heavy atom. The van der Waals surface area contributed by atoms with Crippen LogP contribution in [-0.2, 0) is 0 Å². The Morgan fingerprint density at radius 2 is 2.00 bits per heavy atom. The standard InChI is InChI=1S/C12H12FN3O/c1-7-4-10(13)6-11(5-7)16-8(2)12(9(3)17)14-15-16/h4-6H,1-3H3. The Morgan fingerprint density at radius 1 is 1.29 bits per heavy atom. The smallest absolute Gasteiger partial charge is 0.181 e. The first-order valence-corrected chi connectivity index (χ1v) is 5.20. The number of nitrogens with zero attached hydrogens (tertiary/aromatic N) is 3. The minimum absolute atomic E-state index is 0.151. The first kappa shape index (κ1) is 11.4. The van der Waals surface area contributed by atoms with Gasteiger partial charge in [0.15, 0.2) is 11.5 Å². The number of hydrogen-bond acceptors (Lipinski definition) is 3. The van der Waals surface area contributed by atoms with Crippen molar-refractivity contribution in [3.63, 3.8) is 0 Å². The third-order valence-electron chi connectivity index (χ3n) is 2.50. The average Bonchev–Trinajstić information content (AvgIpc) is 2.58. The van der Waals surface area contributed by atoms with E-state index in [0.717, 1.165) is 5.56 Å². The summed E-state index contributed by atoms with van der Waals surface area (Å²) >= 11 is 0. The molecule has 0 fully saturated rings. The Kier molecular flexibility index (Phi) is 2.75. The van der Waals surface area contributed by atoms with Crippen LogP contribution < -0.4 is 0 Å². The second kappa shape index (κ2) is 4.08. The van der Waals surface area contributed by atoms with E-state index in [1.165, 1.54) is 23.7 Å². The molecule has 2 rings (SSSR count). The van der Waals surface area contributed by atoms with Gasteiger partial charge in [-0.1, -0.05) is 5.21 Å². The van der Waals surface area contributed by atoms with Gasteiger partial charge < -0.3 is 0 Å². The normalized spacial score (nSPS) is 10.6. The van der Waals surface area contributed by atoms with Crippen LogP contribution in [-0.4, -0.2) is 20.8 Å². The molecule has 0 saturated heterocycles. The summed E-state index contributed by atoms with van der Waals surface area (Å²) in [5.41, 5.74) is 2.29. The van der Waals surface area contributed by atoms with Crippen molar-refractivity contribution in [3.05, 3.63) is 41.0 Å². The quantitative estimate of drug-likeness (QED) is 0.747. The molecule has 0 bridgehead atoms. The summed E-state index contributed by atoms with van der Waals surface area (Å²) < 4.78 is 14.7. The second-order valence-corrected chi connectivity index (χ2v) is 3.98. The summed E-state index contributed by atoms with van der Waals surface area (Å²) in [6.07, 6.45) is 0. The number of aromatic nitrogens is 3. The van der Waals surface area contributed by atoms with Crippen LogP contribution in [0.4, 0.5) is 4.39 Å². The molecule has 17 heavy (non-hydrogen) atoms. The van der Waals surface area contributed by atoms with Crippen LogP contribution in [0.3, 0.4) is 0 Å². The van der Waals surface area contributed by atoms with Crippen LogP contribution in [0.2, 0.25) is 0 Å². The van der Waals surface area contributed by atoms with Crippen molar-refractivity contribution in [2.24, 2.45) is 0 Å². The van der Waals surface area contributed by atoms with Gasteiger partial charge in [0, 0.05) is 6.92 Å². The van der Waals surface area contributed by atoms with E-state index in [4.69, 9.17) is 0 Å². The van der Waals surface area contributed by atoms with E-state index in [9.17, 15) is 9.18 Å². The lowest BCUT2D eigenvalue weighted by Crippen LogP contribution is -2.02. The monoisotopic (exact) mass is 233 g/mol. The third kappa shape index (κ3) is 2.08. The molecule has 5 heteroatoms. The molecule has 0 amide bonds. The van der Waals surface area contributed by atoms with Crippen molar-refractivity contribution in [3.8, 4) is 5.69 Å². The van der Waals surface area contributed by atoms with E-state index in [1.54, 1.807) is 19.9 Å². The molecule has 0 unspecified atom stereocenters. The summed E-state index contributed by atoms with van der Waals surface area (Å²) in [5.74, 6) is -0.485. The molecular weight excluding hydrogens is 221 g/mol. The number of rotatable bonds is 2. The fraction of sp³-hybridized carbons (Fsp3) is 0.250. The number of Topliss-reactive ketones (excluding diaryl/α,β-unsaturated/α-hetero) is 1. The van der Waals surface area contributed by atoms with Crippen LogP contribution in [0.1, 0.15) is 28.7 Å². The fourth-order valence-electron chi connectivity index (χ4n) is 1.74. The van der Waals surface area contributed by atoms with E-state index < -0.39 is 0 Å². The van der Waals surface area contributed by atoms with Gasteiger partial charge in [-0.25, -0.2) is 9.07 Å². The molecule has 1 heterocycles. The van der Waals surface area contributed by atoms with Crippen LogP contribution in [0.15, 0.2) is 18.2 Å². The predicted octanol–water partition coefficient (Wildman–Crippen LogP) is 2.23. The summed E-state index contributed by atoms with van der Waals surface area (Å²) in [6, 6.07) is 4.58. The lowest BCUT2D eigenvalue weighted by atomic mass is 10.2. The largest absolute Gasteiger partial charge is 0.293 e. The van der Waals surface area contributed by atoms with Gasteiger partial charge in [-0.2, -0.15) is 0 Å². The number of carbonyl (C=O) groups excluding carboxylic acids is 1. The highest BCUT2D eigenvalue weighted by Crippen LogP contribution is 2.15. The van der Waals surface area contributed by atoms with Gasteiger partial charge in [-0.15, -0.1) is 5.10 Å². The van der Waals surface area contributed by atoms with Gasteiger partial charge in [-0.05, 0) is 37.6 Å². The van der Waals surface area contributed by atoms with Crippen molar-refractivity contribution in [1.82, 2.24) is 15.0 Å². The van der Waals surface area contributed by atoms with E-state index in [1.807, 2.05) is 0 Å². The van der Waals surface area contributed by atoms with Gasteiger partial charge in [0.05, 0.1) is 11.4 Å². The lowest BCUT2D eigenvalue weighted by molar-refractivity contribution is 0.101. The zero-order chi connectivity index (χ0) is 12.6. The van der Waals surface area contributed by atoms with Crippen LogP contribution >= 0.6 is 0 Å². The molecular formula is C12H12FN3O. The molecule has 2 aromatic rings. The summed E-state index contributed by atoms with van der Waals surface area (Å²) in [4.78, 5) is 11.3. The number of carbonyl (C=O) groups is 1. The molecule has 0 radical (unpaired) electrons. The molecule has 0 spiro atoms. The summed E-state index contributed by atoms with van der Waals surface area (Å²) in [6.45, 7) is 4.96. The Labute approximate surface area is 98.1 Å². The number of hydrogen-bond donors (Lipinski definition) is 0.